The molecule has 0 aliphatic carbocycles. The van der Waals surface area contributed by atoms with Gasteiger partial charge in [-0.15, -0.1) is 11.8 Å². The van der Waals surface area contributed by atoms with Crippen molar-refractivity contribution >= 4 is 23.1 Å². The molecule has 0 N–H and O–H groups in total. The Morgan fingerprint density at radius 2 is 1.92 bits per heavy atom. The summed E-state index contributed by atoms with van der Waals surface area (Å²) in [5, 5.41) is 4.33. The maximum absolute atomic E-state index is 2.20. The summed E-state index contributed by atoms with van der Waals surface area (Å²) in [6.07, 6.45) is 0. The normalized spacial score (nSPS) is 10.2. The quantitative estimate of drug-likeness (QED) is 0.683. The Morgan fingerprint density at radius 3 is 2.62 bits per heavy atom. The van der Waals surface area contributed by atoms with Crippen molar-refractivity contribution in [3.63, 3.8) is 0 Å². The van der Waals surface area contributed by atoms with E-state index in [1.54, 1.807) is 11.3 Å². The lowest BCUT2D eigenvalue weighted by Crippen LogP contribution is -1.74. The standard InChI is InChI=1S/C11H10S2/c1-2-4-11(5-3-1)13-9-10-6-7-12-8-10/h1-8H,9H2. The van der Waals surface area contributed by atoms with Crippen LogP contribution in [0.2, 0.25) is 0 Å². The van der Waals surface area contributed by atoms with Gasteiger partial charge in [0.15, 0.2) is 0 Å². The van der Waals surface area contributed by atoms with Crippen molar-refractivity contribution in [3.05, 3.63) is 52.7 Å². The average molecular weight is 206 g/mol. The molecule has 66 valence electrons. The third kappa shape index (κ3) is 2.61. The summed E-state index contributed by atoms with van der Waals surface area (Å²) in [4.78, 5) is 1.34. The molecule has 2 heteroatoms. The Bertz CT molecular complexity index is 338. The highest BCUT2D eigenvalue weighted by Gasteiger charge is 1.94. The van der Waals surface area contributed by atoms with Gasteiger partial charge in [0.25, 0.3) is 0 Å². The van der Waals surface area contributed by atoms with Crippen molar-refractivity contribution in [2.24, 2.45) is 0 Å². The zero-order chi connectivity index (χ0) is 8.93. The molecule has 1 heterocycles. The van der Waals surface area contributed by atoms with Crippen LogP contribution in [-0.4, -0.2) is 0 Å². The zero-order valence-corrected chi connectivity index (χ0v) is 8.78. The first kappa shape index (κ1) is 8.85. The van der Waals surface area contributed by atoms with E-state index in [4.69, 9.17) is 0 Å². The van der Waals surface area contributed by atoms with Gasteiger partial charge < -0.3 is 0 Å². The molecule has 0 unspecified atom stereocenters. The van der Waals surface area contributed by atoms with Gasteiger partial charge in [0.1, 0.15) is 0 Å². The molecule has 13 heavy (non-hydrogen) atoms. The largest absolute Gasteiger partial charge is 0.152 e. The first-order valence-corrected chi connectivity index (χ1v) is 6.07. The molecule has 0 fully saturated rings. The highest BCUT2D eigenvalue weighted by atomic mass is 32.2. The summed E-state index contributed by atoms with van der Waals surface area (Å²) in [5.41, 5.74) is 1.42. The fourth-order valence-electron chi connectivity index (χ4n) is 1.06. The molecule has 0 aliphatic heterocycles. The van der Waals surface area contributed by atoms with Crippen LogP contribution in [0.25, 0.3) is 0 Å². The molecule has 0 radical (unpaired) electrons. The Labute approximate surface area is 86.6 Å². The molecule has 1 aromatic heterocycles. The van der Waals surface area contributed by atoms with E-state index in [9.17, 15) is 0 Å². The average Bonchev–Trinajstić information content (AvgIpc) is 2.69. The Hall–Kier alpha value is -0.730. The van der Waals surface area contributed by atoms with Crippen LogP contribution in [0.3, 0.4) is 0 Å². The summed E-state index contributed by atoms with van der Waals surface area (Å²) in [6, 6.07) is 12.7. The van der Waals surface area contributed by atoms with E-state index in [0.29, 0.717) is 0 Å². The van der Waals surface area contributed by atoms with Gasteiger partial charge >= 0.3 is 0 Å². The lowest BCUT2D eigenvalue weighted by molar-refractivity contribution is 1.41. The highest BCUT2D eigenvalue weighted by Crippen LogP contribution is 2.22. The maximum Gasteiger partial charge on any atom is 0.0240 e. The molecule has 0 spiro atoms. The van der Waals surface area contributed by atoms with Crippen LogP contribution in [-0.2, 0) is 5.75 Å². The molecule has 2 aromatic rings. The molecule has 0 atom stereocenters. The van der Waals surface area contributed by atoms with Crippen molar-refractivity contribution in [1.82, 2.24) is 0 Å². The van der Waals surface area contributed by atoms with E-state index in [0.717, 1.165) is 5.75 Å². The Kier molecular flexibility index (Phi) is 3.06. The number of thioether (sulfide) groups is 1. The molecule has 0 bridgehead atoms. The summed E-state index contributed by atoms with van der Waals surface area (Å²) < 4.78 is 0. The maximum atomic E-state index is 2.20. The van der Waals surface area contributed by atoms with Gasteiger partial charge in [-0.25, -0.2) is 0 Å². The Morgan fingerprint density at radius 1 is 1.08 bits per heavy atom. The first-order chi connectivity index (χ1) is 6.45. The number of thiophene rings is 1. The summed E-state index contributed by atoms with van der Waals surface area (Å²) in [5.74, 6) is 1.08. The monoisotopic (exact) mass is 206 g/mol. The van der Waals surface area contributed by atoms with E-state index in [-0.39, 0.29) is 0 Å². The Balaban J connectivity index is 1.94. The number of rotatable bonds is 3. The minimum absolute atomic E-state index is 1.08. The molecule has 0 nitrogen and oxygen atoms in total. The summed E-state index contributed by atoms with van der Waals surface area (Å²) in [6.45, 7) is 0. The van der Waals surface area contributed by atoms with Gasteiger partial charge in [0.2, 0.25) is 0 Å². The van der Waals surface area contributed by atoms with E-state index in [2.05, 4.69) is 47.2 Å². The second-order valence-electron chi connectivity index (χ2n) is 2.73. The van der Waals surface area contributed by atoms with Crippen molar-refractivity contribution in [3.8, 4) is 0 Å². The summed E-state index contributed by atoms with van der Waals surface area (Å²) in [7, 11) is 0. The predicted octanol–water partition coefficient (Wildman–Crippen LogP) is 4.04. The SMILES string of the molecule is c1ccc(SCc2ccsc2)cc1. The molecule has 0 saturated carbocycles. The fraction of sp³-hybridized carbons (Fsp3) is 0.0909. The molecule has 2 rings (SSSR count). The molecular weight excluding hydrogens is 196 g/mol. The smallest absolute Gasteiger partial charge is 0.0240 e. The van der Waals surface area contributed by atoms with Crippen LogP contribution >= 0.6 is 23.1 Å². The van der Waals surface area contributed by atoms with Gasteiger partial charge in [-0.1, -0.05) is 18.2 Å². The van der Waals surface area contributed by atoms with E-state index < -0.39 is 0 Å². The third-order valence-electron chi connectivity index (χ3n) is 1.73. The number of hydrogen-bond acceptors (Lipinski definition) is 2. The topological polar surface area (TPSA) is 0 Å². The van der Waals surface area contributed by atoms with Crippen LogP contribution in [0.4, 0.5) is 0 Å². The zero-order valence-electron chi connectivity index (χ0n) is 7.14. The lowest BCUT2D eigenvalue weighted by atomic mass is 10.4. The van der Waals surface area contributed by atoms with Crippen LogP contribution in [0, 0.1) is 0 Å². The van der Waals surface area contributed by atoms with Crippen LogP contribution in [0.5, 0.6) is 0 Å². The molecular formula is C11H10S2. The minimum Gasteiger partial charge on any atom is -0.152 e. The van der Waals surface area contributed by atoms with Crippen LogP contribution in [0.15, 0.2) is 52.1 Å². The third-order valence-corrected chi connectivity index (χ3v) is 3.54. The summed E-state index contributed by atoms with van der Waals surface area (Å²) >= 11 is 3.65. The fourth-order valence-corrected chi connectivity index (χ4v) is 2.69. The van der Waals surface area contributed by atoms with E-state index in [1.165, 1.54) is 10.5 Å². The van der Waals surface area contributed by atoms with Crippen molar-refractivity contribution in [1.29, 1.82) is 0 Å². The first-order valence-electron chi connectivity index (χ1n) is 4.14. The van der Waals surface area contributed by atoms with E-state index in [1.807, 2.05) is 11.8 Å². The van der Waals surface area contributed by atoms with Gasteiger partial charge in [0, 0.05) is 10.6 Å². The van der Waals surface area contributed by atoms with Gasteiger partial charge in [-0.2, -0.15) is 11.3 Å². The van der Waals surface area contributed by atoms with Crippen molar-refractivity contribution in [2.75, 3.05) is 0 Å². The molecule has 1 aromatic carbocycles. The predicted molar refractivity (Wildman–Crippen MR) is 60.3 cm³/mol. The molecule has 0 aliphatic rings. The van der Waals surface area contributed by atoms with Gasteiger partial charge in [0.05, 0.1) is 0 Å². The number of hydrogen-bond donors (Lipinski definition) is 0. The number of benzene rings is 1. The molecule has 0 amide bonds. The lowest BCUT2D eigenvalue weighted by Gasteiger charge is -1.98. The second-order valence-corrected chi connectivity index (χ2v) is 4.56. The highest BCUT2D eigenvalue weighted by molar-refractivity contribution is 7.98. The van der Waals surface area contributed by atoms with Crippen LogP contribution < -0.4 is 0 Å². The van der Waals surface area contributed by atoms with E-state index >= 15 is 0 Å². The second kappa shape index (κ2) is 4.49. The minimum atomic E-state index is 1.08. The van der Waals surface area contributed by atoms with Crippen molar-refractivity contribution < 1.29 is 0 Å². The van der Waals surface area contributed by atoms with Crippen molar-refractivity contribution in [2.45, 2.75) is 10.6 Å². The van der Waals surface area contributed by atoms with Crippen LogP contribution in [0.1, 0.15) is 5.56 Å². The van der Waals surface area contributed by atoms with Gasteiger partial charge in [-0.3, -0.25) is 0 Å². The molecule has 0 saturated heterocycles. The van der Waals surface area contributed by atoms with Gasteiger partial charge in [-0.05, 0) is 34.5 Å².